The Balaban J connectivity index is 1.53. The first-order valence-electron chi connectivity index (χ1n) is 8.91. The number of anilines is 1. The summed E-state index contributed by atoms with van der Waals surface area (Å²) in [7, 11) is 0. The maximum Gasteiger partial charge on any atom is 0.255 e. The van der Waals surface area contributed by atoms with E-state index in [4.69, 9.17) is 28.6 Å². The molecule has 1 saturated heterocycles. The van der Waals surface area contributed by atoms with Crippen LogP contribution in [0.2, 0.25) is 5.02 Å². The largest absolute Gasteiger partial charge is 0.494 e. The van der Waals surface area contributed by atoms with Crippen LogP contribution in [0.25, 0.3) is 0 Å². The number of benzene rings is 2. The van der Waals surface area contributed by atoms with E-state index in [0.29, 0.717) is 48.5 Å². The van der Waals surface area contributed by atoms with E-state index in [1.807, 2.05) is 48.2 Å². The van der Waals surface area contributed by atoms with Gasteiger partial charge in [0.05, 0.1) is 17.2 Å². The van der Waals surface area contributed by atoms with Crippen LogP contribution < -0.4 is 10.1 Å². The zero-order valence-corrected chi connectivity index (χ0v) is 16.7. The van der Waals surface area contributed by atoms with Gasteiger partial charge in [0, 0.05) is 31.9 Å². The van der Waals surface area contributed by atoms with Crippen molar-refractivity contribution in [2.45, 2.75) is 6.92 Å². The molecule has 1 fully saturated rings. The van der Waals surface area contributed by atoms with Crippen LogP contribution >= 0.6 is 23.8 Å². The van der Waals surface area contributed by atoms with Crippen molar-refractivity contribution in [2.24, 2.45) is 0 Å². The number of rotatable bonds is 4. The average Bonchev–Trinajstić information content (AvgIpc) is 2.70. The maximum atomic E-state index is 12.6. The van der Waals surface area contributed by atoms with Gasteiger partial charge in [-0.1, -0.05) is 23.7 Å². The van der Waals surface area contributed by atoms with Crippen molar-refractivity contribution in [1.29, 1.82) is 0 Å². The summed E-state index contributed by atoms with van der Waals surface area (Å²) in [6, 6.07) is 14.8. The molecular weight excluding hydrogens is 382 g/mol. The molecule has 0 spiro atoms. The Morgan fingerprint density at radius 1 is 1.07 bits per heavy atom. The first-order valence-corrected chi connectivity index (χ1v) is 9.69. The predicted molar refractivity (Wildman–Crippen MR) is 113 cm³/mol. The Morgan fingerprint density at radius 3 is 2.33 bits per heavy atom. The van der Waals surface area contributed by atoms with Crippen molar-refractivity contribution in [2.75, 3.05) is 38.1 Å². The second-order valence-corrected chi connectivity index (χ2v) is 6.94. The number of nitrogens with zero attached hydrogens (tertiary/aromatic N) is 2. The molecule has 7 heteroatoms. The summed E-state index contributed by atoms with van der Waals surface area (Å²) >= 11 is 11.7. The van der Waals surface area contributed by atoms with E-state index in [2.05, 4.69) is 10.2 Å². The van der Waals surface area contributed by atoms with Gasteiger partial charge in [-0.05, 0) is 55.5 Å². The molecule has 142 valence electrons. The molecule has 0 radical (unpaired) electrons. The van der Waals surface area contributed by atoms with Crippen molar-refractivity contribution < 1.29 is 9.53 Å². The van der Waals surface area contributed by atoms with Gasteiger partial charge in [0.1, 0.15) is 5.75 Å². The Bertz CT molecular complexity index is 805. The molecule has 5 nitrogen and oxygen atoms in total. The standard InChI is InChI=1S/C20H22ClN3O2S/c1-2-26-16-9-7-15(8-10-16)22-20(27)24-13-11-23(12-14-24)19(25)17-5-3-4-6-18(17)21/h3-10H,2,11-14H2,1H3,(H,22,27). The van der Waals surface area contributed by atoms with Gasteiger partial charge in [-0.2, -0.15) is 0 Å². The summed E-state index contributed by atoms with van der Waals surface area (Å²) in [5.41, 5.74) is 1.46. The summed E-state index contributed by atoms with van der Waals surface area (Å²) < 4.78 is 5.44. The first-order chi connectivity index (χ1) is 13.1. The number of piperazine rings is 1. The molecule has 0 atom stereocenters. The van der Waals surface area contributed by atoms with E-state index in [0.717, 1.165) is 11.4 Å². The molecule has 27 heavy (non-hydrogen) atoms. The van der Waals surface area contributed by atoms with Crippen molar-refractivity contribution in [3.8, 4) is 5.75 Å². The Kier molecular flexibility index (Phi) is 6.53. The highest BCUT2D eigenvalue weighted by Gasteiger charge is 2.24. The highest BCUT2D eigenvalue weighted by atomic mass is 35.5. The van der Waals surface area contributed by atoms with Gasteiger partial charge in [0.2, 0.25) is 0 Å². The van der Waals surface area contributed by atoms with Gasteiger partial charge in [-0.25, -0.2) is 0 Å². The summed E-state index contributed by atoms with van der Waals surface area (Å²) in [5, 5.41) is 4.38. The smallest absolute Gasteiger partial charge is 0.255 e. The lowest BCUT2D eigenvalue weighted by Crippen LogP contribution is -2.51. The number of ether oxygens (including phenoxy) is 1. The van der Waals surface area contributed by atoms with E-state index in [-0.39, 0.29) is 5.91 Å². The molecule has 2 aromatic carbocycles. The number of hydrogen-bond donors (Lipinski definition) is 1. The van der Waals surface area contributed by atoms with Crippen molar-refractivity contribution >= 4 is 40.5 Å². The average molecular weight is 404 g/mol. The lowest BCUT2D eigenvalue weighted by molar-refractivity contribution is 0.0693. The minimum absolute atomic E-state index is 0.0364. The molecule has 0 aliphatic carbocycles. The molecule has 1 amide bonds. The van der Waals surface area contributed by atoms with Crippen molar-refractivity contribution in [1.82, 2.24) is 9.80 Å². The number of thiocarbonyl (C=S) groups is 1. The summed E-state index contributed by atoms with van der Waals surface area (Å²) in [4.78, 5) is 16.5. The van der Waals surface area contributed by atoms with Crippen LogP contribution in [0.15, 0.2) is 48.5 Å². The normalized spacial score (nSPS) is 14.0. The Labute approximate surface area is 169 Å². The number of carbonyl (C=O) groups is 1. The highest BCUT2D eigenvalue weighted by Crippen LogP contribution is 2.19. The van der Waals surface area contributed by atoms with Gasteiger partial charge < -0.3 is 19.9 Å². The van der Waals surface area contributed by atoms with E-state index >= 15 is 0 Å². The predicted octanol–water partition coefficient (Wildman–Crippen LogP) is 3.89. The molecule has 0 saturated carbocycles. The number of halogens is 1. The van der Waals surface area contributed by atoms with E-state index in [9.17, 15) is 4.79 Å². The van der Waals surface area contributed by atoms with Crippen LogP contribution in [0.4, 0.5) is 5.69 Å². The monoisotopic (exact) mass is 403 g/mol. The minimum Gasteiger partial charge on any atom is -0.494 e. The third kappa shape index (κ3) is 4.90. The van der Waals surface area contributed by atoms with Crippen LogP contribution in [0.3, 0.4) is 0 Å². The van der Waals surface area contributed by atoms with Crippen LogP contribution in [-0.4, -0.2) is 53.6 Å². The van der Waals surface area contributed by atoms with Crippen LogP contribution in [-0.2, 0) is 0 Å². The van der Waals surface area contributed by atoms with Crippen molar-refractivity contribution in [3.05, 3.63) is 59.1 Å². The van der Waals surface area contributed by atoms with Crippen LogP contribution in [0.1, 0.15) is 17.3 Å². The quantitative estimate of drug-likeness (QED) is 0.784. The fourth-order valence-corrected chi connectivity index (χ4v) is 3.44. The summed E-state index contributed by atoms with van der Waals surface area (Å²) in [5.74, 6) is 0.798. The fraction of sp³-hybridized carbons (Fsp3) is 0.300. The summed E-state index contributed by atoms with van der Waals surface area (Å²) in [6.07, 6.45) is 0. The van der Waals surface area contributed by atoms with Gasteiger partial charge >= 0.3 is 0 Å². The van der Waals surface area contributed by atoms with Gasteiger partial charge in [-0.3, -0.25) is 4.79 Å². The molecule has 1 N–H and O–H groups in total. The van der Waals surface area contributed by atoms with Gasteiger partial charge in [0.25, 0.3) is 5.91 Å². The molecule has 1 heterocycles. The molecule has 0 unspecified atom stereocenters. The molecule has 0 aromatic heterocycles. The third-order valence-corrected chi connectivity index (χ3v) is 5.06. The second kappa shape index (κ2) is 9.06. The molecule has 1 aliphatic heterocycles. The molecular formula is C20H22ClN3O2S. The van der Waals surface area contributed by atoms with Crippen LogP contribution in [0, 0.1) is 0 Å². The minimum atomic E-state index is -0.0364. The Hall–Kier alpha value is -2.31. The SMILES string of the molecule is CCOc1ccc(NC(=S)N2CCN(C(=O)c3ccccc3Cl)CC2)cc1. The van der Waals surface area contributed by atoms with Crippen LogP contribution in [0.5, 0.6) is 5.75 Å². The van der Waals surface area contributed by atoms with E-state index in [1.165, 1.54) is 0 Å². The van der Waals surface area contributed by atoms with Crippen molar-refractivity contribution in [3.63, 3.8) is 0 Å². The number of nitrogens with one attached hydrogen (secondary N) is 1. The number of hydrogen-bond acceptors (Lipinski definition) is 3. The zero-order valence-electron chi connectivity index (χ0n) is 15.2. The third-order valence-electron chi connectivity index (χ3n) is 4.37. The summed E-state index contributed by atoms with van der Waals surface area (Å²) in [6.45, 7) is 5.17. The highest BCUT2D eigenvalue weighted by molar-refractivity contribution is 7.80. The molecule has 2 aromatic rings. The lowest BCUT2D eigenvalue weighted by atomic mass is 10.2. The van der Waals surface area contributed by atoms with E-state index in [1.54, 1.807) is 12.1 Å². The maximum absolute atomic E-state index is 12.6. The first kappa shape index (κ1) is 19.5. The van der Waals surface area contributed by atoms with Gasteiger partial charge in [0.15, 0.2) is 5.11 Å². The molecule has 3 rings (SSSR count). The van der Waals surface area contributed by atoms with E-state index < -0.39 is 0 Å². The zero-order chi connectivity index (χ0) is 19.2. The second-order valence-electron chi connectivity index (χ2n) is 6.15. The fourth-order valence-electron chi connectivity index (χ4n) is 2.92. The topological polar surface area (TPSA) is 44.8 Å². The number of amides is 1. The lowest BCUT2D eigenvalue weighted by Gasteiger charge is -2.36. The molecule has 0 bridgehead atoms. The van der Waals surface area contributed by atoms with Gasteiger partial charge in [-0.15, -0.1) is 0 Å². The number of carbonyl (C=O) groups excluding carboxylic acids is 1. The molecule has 1 aliphatic rings. The Morgan fingerprint density at radius 2 is 1.70 bits per heavy atom.